The molecule has 0 unspecified atom stereocenters. The zero-order valence-corrected chi connectivity index (χ0v) is 9.12. The van der Waals surface area contributed by atoms with Gasteiger partial charge in [0.25, 0.3) is 5.91 Å². The quantitative estimate of drug-likeness (QED) is 0.762. The normalized spacial score (nSPS) is 10.0. The fraction of sp³-hybridized carbons (Fsp3) is 0.444. The molecule has 82 valence electrons. The van der Waals surface area contributed by atoms with Crippen molar-refractivity contribution in [2.24, 2.45) is 0 Å². The molecule has 0 saturated carbocycles. The lowest BCUT2D eigenvalue weighted by Crippen LogP contribution is -2.28. The Balaban J connectivity index is 2.44. The van der Waals surface area contributed by atoms with Crippen LogP contribution < -0.4 is 5.32 Å². The third-order valence-corrected chi connectivity index (χ3v) is 1.93. The Bertz CT molecular complexity index is 333. The Morgan fingerprint density at radius 3 is 3.13 bits per heavy atom. The topological polar surface area (TPSA) is 64.1 Å². The third-order valence-electron chi connectivity index (χ3n) is 1.62. The maximum Gasteiger partial charge on any atom is 0.273 e. The Morgan fingerprint density at radius 1 is 1.67 bits per heavy atom. The first-order chi connectivity index (χ1) is 7.25. The fourth-order valence-corrected chi connectivity index (χ4v) is 1.12. The summed E-state index contributed by atoms with van der Waals surface area (Å²) in [6.07, 6.45) is 1.43. The molecule has 0 spiro atoms. The van der Waals surface area contributed by atoms with Crippen molar-refractivity contribution < 1.29 is 9.53 Å². The maximum absolute atomic E-state index is 11.5. The van der Waals surface area contributed by atoms with Crippen molar-refractivity contribution in [2.45, 2.75) is 6.92 Å². The molecule has 1 heterocycles. The lowest BCUT2D eigenvalue weighted by Gasteiger charge is -2.04. The largest absolute Gasteiger partial charge is 0.380 e. The summed E-state index contributed by atoms with van der Waals surface area (Å²) in [6, 6.07) is 1.52. The van der Waals surface area contributed by atoms with Gasteiger partial charge in [0.1, 0.15) is 0 Å². The van der Waals surface area contributed by atoms with Crippen molar-refractivity contribution in [1.82, 2.24) is 15.5 Å². The molecule has 5 nitrogen and oxygen atoms in total. The van der Waals surface area contributed by atoms with E-state index in [9.17, 15) is 4.79 Å². The Morgan fingerprint density at radius 2 is 2.47 bits per heavy atom. The molecule has 0 aliphatic carbocycles. The SMILES string of the molecule is CCOCCNC(=O)c1nnccc1Cl. The van der Waals surface area contributed by atoms with E-state index in [2.05, 4.69) is 15.5 Å². The number of carbonyl (C=O) groups excluding carboxylic acids is 1. The molecule has 1 rings (SSSR count). The fourth-order valence-electron chi connectivity index (χ4n) is 0.935. The van der Waals surface area contributed by atoms with Crippen molar-refractivity contribution in [3.8, 4) is 0 Å². The predicted molar refractivity (Wildman–Crippen MR) is 55.9 cm³/mol. The van der Waals surface area contributed by atoms with E-state index in [4.69, 9.17) is 16.3 Å². The van der Waals surface area contributed by atoms with E-state index in [0.29, 0.717) is 24.8 Å². The van der Waals surface area contributed by atoms with Crippen LogP contribution >= 0.6 is 11.6 Å². The minimum Gasteiger partial charge on any atom is -0.380 e. The van der Waals surface area contributed by atoms with Crippen LogP contribution in [0.2, 0.25) is 5.02 Å². The summed E-state index contributed by atoms with van der Waals surface area (Å²) >= 11 is 5.76. The minimum absolute atomic E-state index is 0.135. The van der Waals surface area contributed by atoms with Crippen LogP contribution in [0.1, 0.15) is 17.4 Å². The first-order valence-electron chi connectivity index (χ1n) is 4.58. The highest BCUT2D eigenvalue weighted by molar-refractivity contribution is 6.33. The second-order valence-corrected chi connectivity index (χ2v) is 3.09. The predicted octanol–water partition coefficient (Wildman–Crippen LogP) is 0.896. The number of halogens is 1. The van der Waals surface area contributed by atoms with Crippen molar-refractivity contribution in [3.63, 3.8) is 0 Å². The van der Waals surface area contributed by atoms with Gasteiger partial charge in [0.15, 0.2) is 5.69 Å². The van der Waals surface area contributed by atoms with Gasteiger partial charge in [0, 0.05) is 13.2 Å². The molecule has 0 saturated heterocycles. The minimum atomic E-state index is -0.340. The van der Waals surface area contributed by atoms with E-state index in [1.54, 1.807) is 0 Å². The highest BCUT2D eigenvalue weighted by atomic mass is 35.5. The molecule has 0 bridgehead atoms. The molecule has 0 radical (unpaired) electrons. The van der Waals surface area contributed by atoms with Crippen molar-refractivity contribution in [1.29, 1.82) is 0 Å². The zero-order valence-electron chi connectivity index (χ0n) is 8.36. The van der Waals surface area contributed by atoms with Crippen LogP contribution in [0.4, 0.5) is 0 Å². The molecule has 1 amide bonds. The molecule has 1 aromatic rings. The number of rotatable bonds is 5. The number of nitrogens with one attached hydrogen (secondary N) is 1. The van der Waals surface area contributed by atoms with Gasteiger partial charge in [0.2, 0.25) is 0 Å². The van der Waals surface area contributed by atoms with Crippen molar-refractivity contribution in [2.75, 3.05) is 19.8 Å². The lowest BCUT2D eigenvalue weighted by molar-refractivity contribution is 0.0917. The van der Waals surface area contributed by atoms with Gasteiger partial charge in [-0.15, -0.1) is 5.10 Å². The molecule has 0 fully saturated rings. The Kier molecular flexibility index (Phi) is 5.00. The molecule has 0 aliphatic heterocycles. The smallest absolute Gasteiger partial charge is 0.273 e. The molecule has 15 heavy (non-hydrogen) atoms. The van der Waals surface area contributed by atoms with Crippen LogP contribution in [0.3, 0.4) is 0 Å². The Labute approximate surface area is 92.8 Å². The summed E-state index contributed by atoms with van der Waals surface area (Å²) in [6.45, 7) is 3.42. The molecular weight excluding hydrogens is 218 g/mol. The number of nitrogens with zero attached hydrogens (tertiary/aromatic N) is 2. The van der Waals surface area contributed by atoms with Crippen LogP contribution in [-0.4, -0.2) is 35.9 Å². The number of aromatic nitrogens is 2. The Hall–Kier alpha value is -1.20. The average Bonchev–Trinajstić information content (AvgIpc) is 2.25. The van der Waals surface area contributed by atoms with Gasteiger partial charge in [-0.05, 0) is 13.0 Å². The van der Waals surface area contributed by atoms with E-state index in [0.717, 1.165) is 0 Å². The molecule has 0 aliphatic rings. The second-order valence-electron chi connectivity index (χ2n) is 2.68. The van der Waals surface area contributed by atoms with E-state index in [1.165, 1.54) is 12.3 Å². The van der Waals surface area contributed by atoms with E-state index in [1.807, 2.05) is 6.92 Å². The van der Waals surface area contributed by atoms with E-state index in [-0.39, 0.29) is 11.6 Å². The first-order valence-corrected chi connectivity index (χ1v) is 4.96. The standard InChI is InChI=1S/C9H12ClN3O2/c1-2-15-6-5-11-9(14)8-7(10)3-4-12-13-8/h3-4H,2,5-6H2,1H3,(H,11,14). The van der Waals surface area contributed by atoms with Crippen LogP contribution in [0.15, 0.2) is 12.3 Å². The molecule has 0 aromatic carbocycles. The van der Waals surface area contributed by atoms with Gasteiger partial charge < -0.3 is 10.1 Å². The van der Waals surface area contributed by atoms with Gasteiger partial charge in [-0.1, -0.05) is 11.6 Å². The molecular formula is C9H12ClN3O2. The summed E-state index contributed by atoms with van der Waals surface area (Å²) in [7, 11) is 0. The van der Waals surface area contributed by atoms with Crippen LogP contribution in [0, 0.1) is 0 Å². The highest BCUT2D eigenvalue weighted by Gasteiger charge is 2.10. The molecule has 0 atom stereocenters. The molecule has 6 heteroatoms. The van der Waals surface area contributed by atoms with Gasteiger partial charge >= 0.3 is 0 Å². The number of carbonyl (C=O) groups is 1. The monoisotopic (exact) mass is 229 g/mol. The van der Waals surface area contributed by atoms with Crippen LogP contribution in [0.5, 0.6) is 0 Å². The summed E-state index contributed by atoms with van der Waals surface area (Å²) in [5, 5.41) is 10.1. The van der Waals surface area contributed by atoms with Crippen molar-refractivity contribution in [3.05, 3.63) is 23.0 Å². The number of hydrogen-bond acceptors (Lipinski definition) is 4. The molecule has 1 N–H and O–H groups in total. The molecule has 1 aromatic heterocycles. The first kappa shape index (κ1) is 11.9. The summed E-state index contributed by atoms with van der Waals surface area (Å²) < 4.78 is 5.07. The van der Waals surface area contributed by atoms with Gasteiger partial charge in [0.05, 0.1) is 17.8 Å². The maximum atomic E-state index is 11.5. The lowest BCUT2D eigenvalue weighted by atomic mass is 10.3. The van der Waals surface area contributed by atoms with E-state index >= 15 is 0 Å². The number of hydrogen-bond donors (Lipinski definition) is 1. The zero-order chi connectivity index (χ0) is 11.1. The number of ether oxygens (including phenoxy) is 1. The highest BCUT2D eigenvalue weighted by Crippen LogP contribution is 2.10. The average molecular weight is 230 g/mol. The summed E-state index contributed by atoms with van der Waals surface area (Å²) in [5.74, 6) is -0.340. The second kappa shape index (κ2) is 6.31. The van der Waals surface area contributed by atoms with Crippen LogP contribution in [0.25, 0.3) is 0 Å². The van der Waals surface area contributed by atoms with Crippen LogP contribution in [-0.2, 0) is 4.74 Å². The van der Waals surface area contributed by atoms with Gasteiger partial charge in [-0.25, -0.2) is 0 Å². The number of amides is 1. The van der Waals surface area contributed by atoms with Gasteiger partial charge in [-0.3, -0.25) is 4.79 Å². The summed E-state index contributed by atoms with van der Waals surface area (Å²) in [5.41, 5.74) is 0.135. The van der Waals surface area contributed by atoms with E-state index < -0.39 is 0 Å². The van der Waals surface area contributed by atoms with Gasteiger partial charge in [-0.2, -0.15) is 5.10 Å². The third kappa shape index (κ3) is 3.81. The van der Waals surface area contributed by atoms with Crippen molar-refractivity contribution >= 4 is 17.5 Å². The summed E-state index contributed by atoms with van der Waals surface area (Å²) in [4.78, 5) is 11.5.